The third-order valence-corrected chi connectivity index (χ3v) is 3.89. The predicted octanol–water partition coefficient (Wildman–Crippen LogP) is 2.85. The summed E-state index contributed by atoms with van der Waals surface area (Å²) in [5.41, 5.74) is 2.47. The van der Waals surface area contributed by atoms with E-state index < -0.39 is 0 Å². The lowest BCUT2D eigenvalue weighted by Gasteiger charge is -2.20. The minimum atomic E-state index is -0.0653. The molecule has 0 atom stereocenters. The normalized spacial score (nSPS) is 10.6. The van der Waals surface area contributed by atoms with Crippen LogP contribution in [0.2, 0.25) is 0 Å². The Hall–Kier alpha value is -2.66. The fraction of sp³-hybridized carbons (Fsp3) is 0.300. The van der Waals surface area contributed by atoms with Gasteiger partial charge >= 0.3 is 0 Å². The van der Waals surface area contributed by atoms with E-state index >= 15 is 0 Å². The highest BCUT2D eigenvalue weighted by Gasteiger charge is 2.11. The van der Waals surface area contributed by atoms with E-state index in [1.807, 2.05) is 25.1 Å². The Bertz CT molecular complexity index is 697. The van der Waals surface area contributed by atoms with Crippen molar-refractivity contribution in [2.75, 3.05) is 32.5 Å². The zero-order chi connectivity index (χ0) is 18.2. The van der Waals surface area contributed by atoms with Crippen LogP contribution in [0, 0.1) is 0 Å². The van der Waals surface area contributed by atoms with Gasteiger partial charge in [0.1, 0.15) is 0 Å². The molecule has 2 aromatic carbocycles. The molecule has 0 aliphatic rings. The summed E-state index contributed by atoms with van der Waals surface area (Å²) in [6.45, 7) is 3.89. The predicted molar refractivity (Wildman–Crippen MR) is 100 cm³/mol. The van der Waals surface area contributed by atoms with E-state index in [9.17, 15) is 9.59 Å². The molecule has 5 nitrogen and oxygen atoms in total. The molecule has 0 aliphatic carbocycles. The molecule has 0 heterocycles. The van der Waals surface area contributed by atoms with Gasteiger partial charge in [-0.15, -0.1) is 0 Å². The van der Waals surface area contributed by atoms with Crippen LogP contribution in [0.4, 0.5) is 5.69 Å². The zero-order valence-corrected chi connectivity index (χ0v) is 15.0. The first kappa shape index (κ1) is 18.7. The molecule has 0 spiro atoms. The van der Waals surface area contributed by atoms with E-state index in [2.05, 4.69) is 22.3 Å². The van der Waals surface area contributed by atoms with Gasteiger partial charge in [0, 0.05) is 31.9 Å². The number of rotatable bonds is 7. The standard InChI is InChI=1S/C20H25N3O2/c1-4-23(14-16-8-6-5-7-9-16)15-19(24)21-18-12-10-17(11-13-18)20(25)22(2)3/h5-13H,4,14-15H2,1-3H3,(H,21,24). The molecule has 0 bridgehead atoms. The van der Waals surface area contributed by atoms with Crippen LogP contribution >= 0.6 is 0 Å². The van der Waals surface area contributed by atoms with Crippen molar-refractivity contribution >= 4 is 17.5 Å². The summed E-state index contributed by atoms with van der Waals surface area (Å²) in [6, 6.07) is 17.0. The molecule has 0 aromatic heterocycles. The minimum Gasteiger partial charge on any atom is -0.345 e. The lowest BCUT2D eigenvalue weighted by atomic mass is 10.2. The third kappa shape index (κ3) is 5.72. The largest absolute Gasteiger partial charge is 0.345 e. The minimum absolute atomic E-state index is 0.0575. The van der Waals surface area contributed by atoms with E-state index in [-0.39, 0.29) is 11.8 Å². The van der Waals surface area contributed by atoms with Crippen LogP contribution in [-0.2, 0) is 11.3 Å². The van der Waals surface area contributed by atoms with Crippen molar-refractivity contribution in [2.45, 2.75) is 13.5 Å². The summed E-state index contributed by atoms with van der Waals surface area (Å²) in [7, 11) is 3.42. The van der Waals surface area contributed by atoms with E-state index in [0.717, 1.165) is 13.1 Å². The van der Waals surface area contributed by atoms with Gasteiger partial charge in [0.2, 0.25) is 5.91 Å². The number of likely N-dealkylation sites (N-methyl/N-ethyl adjacent to an activating group) is 1. The number of hydrogen-bond donors (Lipinski definition) is 1. The monoisotopic (exact) mass is 339 g/mol. The molecular weight excluding hydrogens is 314 g/mol. The van der Waals surface area contributed by atoms with Gasteiger partial charge in [0.15, 0.2) is 0 Å². The van der Waals surface area contributed by atoms with Gasteiger partial charge in [-0.25, -0.2) is 0 Å². The number of carbonyl (C=O) groups excluding carboxylic acids is 2. The molecule has 0 radical (unpaired) electrons. The molecule has 5 heteroatoms. The molecule has 0 aliphatic heterocycles. The first-order valence-corrected chi connectivity index (χ1v) is 8.37. The number of amides is 2. The molecule has 132 valence electrons. The van der Waals surface area contributed by atoms with Crippen molar-refractivity contribution in [2.24, 2.45) is 0 Å². The molecule has 0 saturated carbocycles. The highest BCUT2D eigenvalue weighted by molar-refractivity contribution is 5.96. The van der Waals surface area contributed by atoms with Crippen molar-refractivity contribution in [3.8, 4) is 0 Å². The molecule has 1 N–H and O–H groups in total. The van der Waals surface area contributed by atoms with E-state index in [1.54, 1.807) is 38.4 Å². The van der Waals surface area contributed by atoms with Crippen LogP contribution in [-0.4, -0.2) is 48.8 Å². The Kier molecular flexibility index (Phi) is 6.71. The van der Waals surface area contributed by atoms with Crippen molar-refractivity contribution in [3.05, 3.63) is 65.7 Å². The van der Waals surface area contributed by atoms with Gasteiger partial charge in [-0.2, -0.15) is 0 Å². The number of nitrogens with zero attached hydrogens (tertiary/aromatic N) is 2. The molecule has 2 aromatic rings. The van der Waals surface area contributed by atoms with Crippen LogP contribution in [0.3, 0.4) is 0 Å². The fourth-order valence-corrected chi connectivity index (χ4v) is 2.48. The van der Waals surface area contributed by atoms with Crippen LogP contribution in [0.5, 0.6) is 0 Å². The van der Waals surface area contributed by atoms with Crippen LogP contribution in [0.15, 0.2) is 54.6 Å². The molecule has 0 saturated heterocycles. The zero-order valence-electron chi connectivity index (χ0n) is 15.0. The smallest absolute Gasteiger partial charge is 0.253 e. The van der Waals surface area contributed by atoms with E-state index in [4.69, 9.17) is 0 Å². The molecule has 2 rings (SSSR count). The summed E-state index contributed by atoms with van der Waals surface area (Å²) in [6.07, 6.45) is 0. The lowest BCUT2D eigenvalue weighted by molar-refractivity contribution is -0.117. The molecule has 0 unspecified atom stereocenters. The van der Waals surface area contributed by atoms with Gasteiger partial charge < -0.3 is 10.2 Å². The van der Waals surface area contributed by atoms with Gasteiger partial charge in [-0.1, -0.05) is 37.3 Å². The molecule has 0 fully saturated rings. The maximum Gasteiger partial charge on any atom is 0.253 e. The Morgan fingerprint density at radius 1 is 0.960 bits per heavy atom. The number of hydrogen-bond acceptors (Lipinski definition) is 3. The van der Waals surface area contributed by atoms with Crippen molar-refractivity contribution in [1.29, 1.82) is 0 Å². The second-order valence-corrected chi connectivity index (χ2v) is 6.11. The Morgan fingerprint density at radius 2 is 1.60 bits per heavy atom. The first-order chi connectivity index (χ1) is 12.0. The van der Waals surface area contributed by atoms with Gasteiger partial charge in [0.05, 0.1) is 6.54 Å². The number of anilines is 1. The molecule has 25 heavy (non-hydrogen) atoms. The van der Waals surface area contributed by atoms with E-state index in [1.165, 1.54) is 10.5 Å². The second kappa shape index (κ2) is 8.99. The number of benzene rings is 2. The SMILES string of the molecule is CCN(CC(=O)Nc1ccc(C(=O)N(C)C)cc1)Cc1ccccc1. The van der Waals surface area contributed by atoms with Crippen molar-refractivity contribution in [3.63, 3.8) is 0 Å². The molecular formula is C20H25N3O2. The van der Waals surface area contributed by atoms with Crippen LogP contribution < -0.4 is 5.32 Å². The highest BCUT2D eigenvalue weighted by Crippen LogP contribution is 2.11. The summed E-state index contributed by atoms with van der Waals surface area (Å²) in [5.74, 6) is -0.123. The topological polar surface area (TPSA) is 52.7 Å². The summed E-state index contributed by atoms with van der Waals surface area (Å²) in [5, 5.41) is 2.88. The maximum absolute atomic E-state index is 12.3. The van der Waals surface area contributed by atoms with Gasteiger partial charge in [-0.05, 0) is 36.4 Å². The van der Waals surface area contributed by atoms with Crippen molar-refractivity contribution < 1.29 is 9.59 Å². The van der Waals surface area contributed by atoms with Gasteiger partial charge in [-0.3, -0.25) is 14.5 Å². The summed E-state index contributed by atoms with van der Waals surface area (Å²) in [4.78, 5) is 27.7. The average molecular weight is 339 g/mol. The van der Waals surface area contributed by atoms with Gasteiger partial charge in [0.25, 0.3) is 5.91 Å². The number of carbonyl (C=O) groups is 2. The van der Waals surface area contributed by atoms with Crippen LogP contribution in [0.1, 0.15) is 22.8 Å². The average Bonchev–Trinajstić information content (AvgIpc) is 2.62. The Morgan fingerprint density at radius 3 is 2.16 bits per heavy atom. The van der Waals surface area contributed by atoms with E-state index in [0.29, 0.717) is 17.8 Å². The quantitative estimate of drug-likeness (QED) is 0.844. The Balaban J connectivity index is 1.91. The maximum atomic E-state index is 12.3. The lowest BCUT2D eigenvalue weighted by Crippen LogP contribution is -2.32. The summed E-state index contributed by atoms with van der Waals surface area (Å²) >= 11 is 0. The van der Waals surface area contributed by atoms with Crippen molar-refractivity contribution in [1.82, 2.24) is 9.80 Å². The van der Waals surface area contributed by atoms with Crippen LogP contribution in [0.25, 0.3) is 0 Å². The fourth-order valence-electron chi connectivity index (χ4n) is 2.48. The third-order valence-electron chi connectivity index (χ3n) is 3.89. The number of nitrogens with one attached hydrogen (secondary N) is 1. The second-order valence-electron chi connectivity index (χ2n) is 6.11. The molecule has 2 amide bonds. The Labute approximate surface area is 149 Å². The summed E-state index contributed by atoms with van der Waals surface area (Å²) < 4.78 is 0. The highest BCUT2D eigenvalue weighted by atomic mass is 16.2. The first-order valence-electron chi connectivity index (χ1n) is 8.37.